The zero-order valence-electron chi connectivity index (χ0n) is 12.3. The van der Waals surface area contributed by atoms with Crippen LogP contribution in [0.15, 0.2) is 24.3 Å². The zero-order valence-corrected chi connectivity index (χ0v) is 12.3. The lowest BCUT2D eigenvalue weighted by atomic mass is 10.2. The number of carbonyl (C=O) groups excluding carboxylic acids is 2. The van der Waals surface area contributed by atoms with Gasteiger partial charge in [0.15, 0.2) is 0 Å². The van der Waals surface area contributed by atoms with Crippen LogP contribution in [-0.2, 0) is 9.59 Å². The third kappa shape index (κ3) is 5.84. The van der Waals surface area contributed by atoms with Gasteiger partial charge in [0.05, 0.1) is 6.54 Å². The highest BCUT2D eigenvalue weighted by atomic mass is 16.2. The van der Waals surface area contributed by atoms with Crippen molar-refractivity contribution in [2.75, 3.05) is 23.7 Å². The molecular weight excluding hydrogens is 254 g/mol. The van der Waals surface area contributed by atoms with Crippen LogP contribution in [0.2, 0.25) is 0 Å². The SMILES string of the molecule is CCCNCC(=O)Nc1ccc(NC(=O)C(C)C)cc1. The molecule has 0 aliphatic carbocycles. The molecule has 5 heteroatoms. The molecule has 0 atom stereocenters. The van der Waals surface area contributed by atoms with Gasteiger partial charge in [0, 0.05) is 17.3 Å². The first kappa shape index (κ1) is 16.2. The van der Waals surface area contributed by atoms with Gasteiger partial charge in [-0.1, -0.05) is 20.8 Å². The summed E-state index contributed by atoms with van der Waals surface area (Å²) < 4.78 is 0. The monoisotopic (exact) mass is 277 g/mol. The Balaban J connectivity index is 2.46. The van der Waals surface area contributed by atoms with Gasteiger partial charge in [0.2, 0.25) is 11.8 Å². The molecule has 3 N–H and O–H groups in total. The molecule has 0 bridgehead atoms. The molecule has 0 unspecified atom stereocenters. The summed E-state index contributed by atoms with van der Waals surface area (Å²) in [6, 6.07) is 7.09. The fourth-order valence-electron chi connectivity index (χ4n) is 1.51. The molecule has 1 aromatic rings. The van der Waals surface area contributed by atoms with E-state index >= 15 is 0 Å². The second kappa shape index (κ2) is 8.32. The maximum Gasteiger partial charge on any atom is 0.238 e. The number of nitrogens with one attached hydrogen (secondary N) is 3. The Hall–Kier alpha value is -1.88. The summed E-state index contributed by atoms with van der Waals surface area (Å²) in [7, 11) is 0. The van der Waals surface area contributed by atoms with Crippen molar-refractivity contribution in [2.24, 2.45) is 5.92 Å². The number of hydrogen-bond donors (Lipinski definition) is 3. The van der Waals surface area contributed by atoms with Crippen molar-refractivity contribution in [2.45, 2.75) is 27.2 Å². The summed E-state index contributed by atoms with van der Waals surface area (Å²) in [6.07, 6.45) is 0.998. The van der Waals surface area contributed by atoms with E-state index < -0.39 is 0 Å². The predicted molar refractivity (Wildman–Crippen MR) is 81.7 cm³/mol. The molecule has 0 aromatic heterocycles. The van der Waals surface area contributed by atoms with Gasteiger partial charge < -0.3 is 16.0 Å². The van der Waals surface area contributed by atoms with Gasteiger partial charge in [-0.05, 0) is 37.2 Å². The van der Waals surface area contributed by atoms with E-state index in [1.54, 1.807) is 24.3 Å². The van der Waals surface area contributed by atoms with Gasteiger partial charge in [-0.25, -0.2) is 0 Å². The number of carbonyl (C=O) groups is 2. The summed E-state index contributed by atoms with van der Waals surface area (Å²) >= 11 is 0. The van der Waals surface area contributed by atoms with Gasteiger partial charge >= 0.3 is 0 Å². The van der Waals surface area contributed by atoms with E-state index in [1.165, 1.54) is 0 Å². The maximum atomic E-state index is 11.6. The van der Waals surface area contributed by atoms with Crippen LogP contribution in [0, 0.1) is 5.92 Å². The van der Waals surface area contributed by atoms with E-state index in [1.807, 2.05) is 13.8 Å². The zero-order chi connectivity index (χ0) is 15.0. The Morgan fingerprint density at radius 2 is 1.60 bits per heavy atom. The van der Waals surface area contributed by atoms with Crippen LogP contribution < -0.4 is 16.0 Å². The van der Waals surface area contributed by atoms with Crippen molar-refractivity contribution < 1.29 is 9.59 Å². The third-order valence-corrected chi connectivity index (χ3v) is 2.67. The van der Waals surface area contributed by atoms with Crippen molar-refractivity contribution >= 4 is 23.2 Å². The van der Waals surface area contributed by atoms with E-state index in [4.69, 9.17) is 0 Å². The molecule has 20 heavy (non-hydrogen) atoms. The fourth-order valence-corrected chi connectivity index (χ4v) is 1.51. The van der Waals surface area contributed by atoms with E-state index in [0.29, 0.717) is 6.54 Å². The minimum atomic E-state index is -0.0718. The number of amides is 2. The summed E-state index contributed by atoms with van der Waals surface area (Å²) in [5.41, 5.74) is 1.45. The Morgan fingerprint density at radius 1 is 1.05 bits per heavy atom. The summed E-state index contributed by atoms with van der Waals surface area (Å²) in [5, 5.41) is 8.63. The molecular formula is C15H23N3O2. The average Bonchev–Trinajstić information content (AvgIpc) is 2.41. The molecule has 0 heterocycles. The average molecular weight is 277 g/mol. The van der Waals surface area contributed by atoms with E-state index in [2.05, 4.69) is 22.9 Å². The maximum absolute atomic E-state index is 11.6. The van der Waals surface area contributed by atoms with Crippen molar-refractivity contribution in [3.05, 3.63) is 24.3 Å². The minimum Gasteiger partial charge on any atom is -0.326 e. The predicted octanol–water partition coefficient (Wildman–Crippen LogP) is 2.22. The highest BCUT2D eigenvalue weighted by Gasteiger charge is 2.07. The number of anilines is 2. The molecule has 0 radical (unpaired) electrons. The Labute approximate surface area is 120 Å². The van der Waals surface area contributed by atoms with Gasteiger partial charge in [0.25, 0.3) is 0 Å². The van der Waals surface area contributed by atoms with Gasteiger partial charge in [-0.2, -0.15) is 0 Å². The second-order valence-corrected chi connectivity index (χ2v) is 4.95. The Morgan fingerprint density at radius 3 is 2.10 bits per heavy atom. The largest absolute Gasteiger partial charge is 0.326 e. The lowest BCUT2D eigenvalue weighted by Crippen LogP contribution is -2.28. The van der Waals surface area contributed by atoms with Crippen molar-refractivity contribution in [3.63, 3.8) is 0 Å². The summed E-state index contributed by atoms with van der Waals surface area (Å²) in [5.74, 6) is -0.151. The topological polar surface area (TPSA) is 70.2 Å². The molecule has 2 amide bonds. The quantitative estimate of drug-likeness (QED) is 0.669. The number of hydrogen-bond acceptors (Lipinski definition) is 3. The lowest BCUT2D eigenvalue weighted by molar-refractivity contribution is -0.119. The molecule has 0 fully saturated rings. The van der Waals surface area contributed by atoms with Crippen LogP contribution in [0.25, 0.3) is 0 Å². The van der Waals surface area contributed by atoms with E-state index in [9.17, 15) is 9.59 Å². The highest BCUT2D eigenvalue weighted by molar-refractivity contribution is 5.94. The molecule has 1 aromatic carbocycles. The first-order valence-electron chi connectivity index (χ1n) is 6.94. The minimum absolute atomic E-state index is 0.0226. The van der Waals surface area contributed by atoms with Crippen molar-refractivity contribution in [1.29, 1.82) is 0 Å². The van der Waals surface area contributed by atoms with Gasteiger partial charge in [-0.3, -0.25) is 9.59 Å². The standard InChI is InChI=1S/C15H23N3O2/c1-4-9-16-10-14(19)17-12-5-7-13(8-6-12)18-15(20)11(2)3/h5-8,11,16H,4,9-10H2,1-3H3,(H,17,19)(H,18,20). The van der Waals surface area contributed by atoms with Crippen LogP contribution >= 0.6 is 0 Å². The first-order valence-corrected chi connectivity index (χ1v) is 6.94. The molecule has 0 spiro atoms. The van der Waals surface area contributed by atoms with Crippen LogP contribution in [0.4, 0.5) is 11.4 Å². The van der Waals surface area contributed by atoms with Crippen LogP contribution in [-0.4, -0.2) is 24.9 Å². The normalized spacial score (nSPS) is 10.4. The second-order valence-electron chi connectivity index (χ2n) is 4.95. The Kier molecular flexibility index (Phi) is 6.73. The van der Waals surface area contributed by atoms with E-state index in [0.717, 1.165) is 24.3 Å². The van der Waals surface area contributed by atoms with Crippen LogP contribution in [0.3, 0.4) is 0 Å². The fraction of sp³-hybridized carbons (Fsp3) is 0.467. The number of rotatable bonds is 7. The molecule has 110 valence electrons. The molecule has 0 saturated carbocycles. The van der Waals surface area contributed by atoms with Crippen LogP contribution in [0.1, 0.15) is 27.2 Å². The third-order valence-electron chi connectivity index (χ3n) is 2.67. The lowest BCUT2D eigenvalue weighted by Gasteiger charge is -2.09. The van der Waals surface area contributed by atoms with E-state index in [-0.39, 0.29) is 17.7 Å². The molecule has 0 saturated heterocycles. The molecule has 1 rings (SSSR count). The Bertz CT molecular complexity index is 441. The molecule has 0 aliphatic rings. The smallest absolute Gasteiger partial charge is 0.238 e. The number of benzene rings is 1. The molecule has 0 aliphatic heterocycles. The van der Waals surface area contributed by atoms with Crippen molar-refractivity contribution in [1.82, 2.24) is 5.32 Å². The summed E-state index contributed by atoms with van der Waals surface area (Å²) in [4.78, 5) is 23.1. The molecule has 5 nitrogen and oxygen atoms in total. The van der Waals surface area contributed by atoms with Gasteiger partial charge in [0.1, 0.15) is 0 Å². The van der Waals surface area contributed by atoms with Gasteiger partial charge in [-0.15, -0.1) is 0 Å². The summed E-state index contributed by atoms with van der Waals surface area (Å²) in [6.45, 7) is 6.86. The highest BCUT2D eigenvalue weighted by Crippen LogP contribution is 2.14. The first-order chi connectivity index (χ1) is 9.52. The van der Waals surface area contributed by atoms with Crippen molar-refractivity contribution in [3.8, 4) is 0 Å². The van der Waals surface area contributed by atoms with Crippen LogP contribution in [0.5, 0.6) is 0 Å².